The minimum atomic E-state index is 0.147. The first-order valence-electron chi connectivity index (χ1n) is 6.24. The molecule has 0 aliphatic carbocycles. The van der Waals surface area contributed by atoms with E-state index in [4.69, 9.17) is 9.47 Å². The van der Waals surface area contributed by atoms with E-state index in [-0.39, 0.29) is 6.10 Å². The summed E-state index contributed by atoms with van der Waals surface area (Å²) in [4.78, 5) is 0. The topological polar surface area (TPSA) is 30.5 Å². The number of rotatable bonds is 7. The molecule has 3 nitrogen and oxygen atoms in total. The summed E-state index contributed by atoms with van der Waals surface area (Å²) in [7, 11) is 0. The molecular formula is C14H23NO2. The zero-order valence-corrected chi connectivity index (χ0v) is 11.2. The molecule has 1 atom stereocenters. The highest BCUT2D eigenvalue weighted by molar-refractivity contribution is 5.33. The van der Waals surface area contributed by atoms with Crippen molar-refractivity contribution in [3.63, 3.8) is 0 Å². The molecule has 17 heavy (non-hydrogen) atoms. The van der Waals surface area contributed by atoms with Crippen LogP contribution in [0.2, 0.25) is 0 Å². The van der Waals surface area contributed by atoms with E-state index in [0.29, 0.717) is 12.6 Å². The van der Waals surface area contributed by atoms with Crippen LogP contribution in [0.15, 0.2) is 24.3 Å². The van der Waals surface area contributed by atoms with Crippen LogP contribution >= 0.6 is 0 Å². The lowest BCUT2D eigenvalue weighted by Gasteiger charge is -2.17. The van der Waals surface area contributed by atoms with E-state index in [9.17, 15) is 0 Å². The summed E-state index contributed by atoms with van der Waals surface area (Å²) in [5.41, 5.74) is 0. The van der Waals surface area contributed by atoms with Gasteiger partial charge in [-0.3, -0.25) is 0 Å². The van der Waals surface area contributed by atoms with E-state index < -0.39 is 0 Å². The highest BCUT2D eigenvalue weighted by Gasteiger charge is 2.05. The summed E-state index contributed by atoms with van der Waals surface area (Å²) in [6, 6.07) is 8.25. The molecule has 0 heterocycles. The number of hydrogen-bond donors (Lipinski definition) is 1. The van der Waals surface area contributed by atoms with Gasteiger partial charge in [-0.25, -0.2) is 0 Å². The predicted octanol–water partition coefficient (Wildman–Crippen LogP) is 2.85. The van der Waals surface area contributed by atoms with Crippen molar-refractivity contribution in [3.05, 3.63) is 24.3 Å². The first-order chi connectivity index (χ1) is 8.11. The van der Waals surface area contributed by atoms with Crippen LogP contribution in [-0.4, -0.2) is 25.3 Å². The molecule has 0 aliphatic rings. The summed E-state index contributed by atoms with van der Waals surface area (Å²) in [6.07, 6.45) is 0.147. The standard InChI is InChI=1S/C14H23NO2/c1-5-16-13-7-6-8-14(9-13)17-12(4)10-15-11(2)3/h6-9,11-12,15H,5,10H2,1-4H3. The fourth-order valence-electron chi connectivity index (χ4n) is 1.48. The predicted molar refractivity (Wildman–Crippen MR) is 70.8 cm³/mol. The monoisotopic (exact) mass is 237 g/mol. The molecule has 0 spiro atoms. The molecule has 0 fully saturated rings. The average molecular weight is 237 g/mol. The molecular weight excluding hydrogens is 214 g/mol. The summed E-state index contributed by atoms with van der Waals surface area (Å²) in [6.45, 7) is 9.81. The molecule has 1 unspecified atom stereocenters. The largest absolute Gasteiger partial charge is 0.494 e. The zero-order chi connectivity index (χ0) is 12.7. The van der Waals surface area contributed by atoms with E-state index in [1.54, 1.807) is 0 Å². The van der Waals surface area contributed by atoms with Crippen LogP contribution in [0.25, 0.3) is 0 Å². The lowest BCUT2D eigenvalue weighted by molar-refractivity contribution is 0.212. The Hall–Kier alpha value is -1.22. The van der Waals surface area contributed by atoms with E-state index >= 15 is 0 Å². The van der Waals surface area contributed by atoms with E-state index in [2.05, 4.69) is 26.1 Å². The molecule has 1 N–H and O–H groups in total. The van der Waals surface area contributed by atoms with Gasteiger partial charge >= 0.3 is 0 Å². The Morgan fingerprint density at radius 2 is 1.88 bits per heavy atom. The maximum Gasteiger partial charge on any atom is 0.123 e. The highest BCUT2D eigenvalue weighted by atomic mass is 16.5. The van der Waals surface area contributed by atoms with Gasteiger partial charge in [0.15, 0.2) is 0 Å². The van der Waals surface area contributed by atoms with E-state index in [1.165, 1.54) is 0 Å². The van der Waals surface area contributed by atoms with Gasteiger partial charge in [0.1, 0.15) is 17.6 Å². The molecule has 0 saturated carbocycles. The van der Waals surface area contributed by atoms with Crippen molar-refractivity contribution in [1.29, 1.82) is 0 Å². The quantitative estimate of drug-likeness (QED) is 0.791. The van der Waals surface area contributed by atoms with Gasteiger partial charge in [-0.05, 0) is 26.0 Å². The summed E-state index contributed by atoms with van der Waals surface area (Å²) >= 11 is 0. The SMILES string of the molecule is CCOc1cccc(OC(C)CNC(C)C)c1. The lowest BCUT2D eigenvalue weighted by atomic mass is 10.3. The highest BCUT2D eigenvalue weighted by Crippen LogP contribution is 2.20. The van der Waals surface area contributed by atoms with Gasteiger partial charge in [-0.15, -0.1) is 0 Å². The maximum atomic E-state index is 5.81. The van der Waals surface area contributed by atoms with Crippen LogP contribution in [-0.2, 0) is 0 Å². The van der Waals surface area contributed by atoms with Gasteiger partial charge in [0.25, 0.3) is 0 Å². The first kappa shape index (κ1) is 13.8. The zero-order valence-electron chi connectivity index (χ0n) is 11.2. The molecule has 0 aromatic heterocycles. The van der Waals surface area contributed by atoms with Gasteiger partial charge in [-0.2, -0.15) is 0 Å². The normalized spacial score (nSPS) is 12.5. The van der Waals surface area contributed by atoms with Crippen molar-refractivity contribution in [2.24, 2.45) is 0 Å². The molecule has 3 heteroatoms. The number of nitrogens with one attached hydrogen (secondary N) is 1. The smallest absolute Gasteiger partial charge is 0.123 e. The molecule has 0 bridgehead atoms. The third-order valence-corrected chi connectivity index (χ3v) is 2.27. The molecule has 0 saturated heterocycles. The molecule has 96 valence electrons. The van der Waals surface area contributed by atoms with E-state index in [1.807, 2.05) is 31.2 Å². The van der Waals surface area contributed by atoms with Crippen LogP contribution in [0.3, 0.4) is 0 Å². The number of ether oxygens (including phenoxy) is 2. The molecule has 1 aromatic rings. The maximum absolute atomic E-state index is 5.81. The third kappa shape index (κ3) is 5.59. The van der Waals surface area contributed by atoms with Gasteiger partial charge in [0.2, 0.25) is 0 Å². The second-order valence-corrected chi connectivity index (χ2v) is 4.40. The molecule has 0 radical (unpaired) electrons. The molecule has 1 rings (SSSR count). The Morgan fingerprint density at radius 3 is 2.53 bits per heavy atom. The summed E-state index contributed by atoms with van der Waals surface area (Å²) < 4.78 is 11.2. The second-order valence-electron chi connectivity index (χ2n) is 4.40. The summed E-state index contributed by atoms with van der Waals surface area (Å²) in [5, 5.41) is 3.35. The third-order valence-electron chi connectivity index (χ3n) is 2.27. The molecule has 1 aromatic carbocycles. The van der Waals surface area contributed by atoms with Crippen molar-refractivity contribution in [2.45, 2.75) is 39.8 Å². The minimum Gasteiger partial charge on any atom is -0.494 e. The van der Waals surface area contributed by atoms with Gasteiger partial charge < -0.3 is 14.8 Å². The average Bonchev–Trinajstić information content (AvgIpc) is 2.27. The van der Waals surface area contributed by atoms with Crippen molar-refractivity contribution in [2.75, 3.05) is 13.2 Å². The summed E-state index contributed by atoms with van der Waals surface area (Å²) in [5.74, 6) is 1.71. The van der Waals surface area contributed by atoms with Crippen LogP contribution in [0, 0.1) is 0 Å². The van der Waals surface area contributed by atoms with Crippen molar-refractivity contribution in [3.8, 4) is 11.5 Å². The number of hydrogen-bond acceptors (Lipinski definition) is 3. The van der Waals surface area contributed by atoms with Crippen LogP contribution in [0.4, 0.5) is 0 Å². The first-order valence-corrected chi connectivity index (χ1v) is 6.24. The van der Waals surface area contributed by atoms with E-state index in [0.717, 1.165) is 18.0 Å². The Labute approximate surface area is 104 Å². The lowest BCUT2D eigenvalue weighted by Crippen LogP contribution is -2.33. The van der Waals surface area contributed by atoms with Gasteiger partial charge in [0.05, 0.1) is 6.61 Å². The molecule has 0 aliphatic heterocycles. The minimum absolute atomic E-state index is 0.147. The Balaban J connectivity index is 2.46. The Morgan fingerprint density at radius 1 is 1.18 bits per heavy atom. The Kier molecular flexibility index (Phi) is 5.84. The fourth-order valence-corrected chi connectivity index (χ4v) is 1.48. The molecule has 0 amide bonds. The van der Waals surface area contributed by atoms with Gasteiger partial charge in [-0.1, -0.05) is 19.9 Å². The van der Waals surface area contributed by atoms with Crippen molar-refractivity contribution >= 4 is 0 Å². The fraction of sp³-hybridized carbons (Fsp3) is 0.571. The van der Waals surface area contributed by atoms with Crippen molar-refractivity contribution in [1.82, 2.24) is 5.32 Å². The second kappa shape index (κ2) is 7.17. The Bertz CT molecular complexity index is 326. The van der Waals surface area contributed by atoms with Crippen LogP contribution in [0.1, 0.15) is 27.7 Å². The van der Waals surface area contributed by atoms with Crippen LogP contribution in [0.5, 0.6) is 11.5 Å². The van der Waals surface area contributed by atoms with Crippen molar-refractivity contribution < 1.29 is 9.47 Å². The van der Waals surface area contributed by atoms with Gasteiger partial charge in [0, 0.05) is 18.7 Å². The van der Waals surface area contributed by atoms with Crippen LogP contribution < -0.4 is 14.8 Å². The number of benzene rings is 1.